The minimum Gasteiger partial charge on any atom is -0.389 e. The van der Waals surface area contributed by atoms with E-state index in [1.54, 1.807) is 0 Å². The van der Waals surface area contributed by atoms with Crippen molar-refractivity contribution in [2.75, 3.05) is 0 Å². The fraction of sp³-hybridized carbons (Fsp3) is 1.00. The summed E-state index contributed by atoms with van der Waals surface area (Å²) in [7, 11) is 2.87. The van der Waals surface area contributed by atoms with E-state index in [4.69, 9.17) is 0 Å². The highest BCUT2D eigenvalue weighted by atomic mass is 31.0. The van der Waals surface area contributed by atoms with E-state index in [0.29, 0.717) is 11.8 Å². The van der Waals surface area contributed by atoms with Crippen molar-refractivity contribution in [1.82, 2.24) is 0 Å². The lowest BCUT2D eigenvalue weighted by Crippen LogP contribution is -2.41. The largest absolute Gasteiger partial charge is 0.389 e. The molecule has 0 rings (SSSR count). The van der Waals surface area contributed by atoms with Gasteiger partial charge in [-0.15, -0.1) is 9.24 Å². The standard InChI is InChI=1S/C19H41OP/c1-6-10-12-17(8-3)14-19(20,16(5)21)15-18(9-4)13-11-7-2/h16-18,20H,6-15,21H2,1-5H3. The van der Waals surface area contributed by atoms with E-state index in [1.165, 1.54) is 51.4 Å². The predicted molar refractivity (Wildman–Crippen MR) is 100.0 cm³/mol. The molecule has 4 unspecified atom stereocenters. The molecule has 1 nitrogen and oxygen atoms in total. The van der Waals surface area contributed by atoms with E-state index >= 15 is 0 Å². The van der Waals surface area contributed by atoms with Crippen molar-refractivity contribution in [1.29, 1.82) is 0 Å². The minimum absolute atomic E-state index is 0.281. The fourth-order valence-corrected chi connectivity index (χ4v) is 3.61. The molecule has 0 spiro atoms. The molecule has 0 saturated carbocycles. The van der Waals surface area contributed by atoms with Gasteiger partial charge in [0.2, 0.25) is 0 Å². The van der Waals surface area contributed by atoms with Gasteiger partial charge < -0.3 is 5.11 Å². The van der Waals surface area contributed by atoms with Gasteiger partial charge in [-0.25, -0.2) is 0 Å². The summed E-state index contributed by atoms with van der Waals surface area (Å²) in [6.07, 6.45) is 12.0. The van der Waals surface area contributed by atoms with Gasteiger partial charge in [-0.3, -0.25) is 0 Å². The molecule has 21 heavy (non-hydrogen) atoms. The third kappa shape index (κ3) is 8.56. The average Bonchev–Trinajstić information content (AvgIpc) is 2.47. The molecule has 1 N–H and O–H groups in total. The van der Waals surface area contributed by atoms with Gasteiger partial charge in [0.05, 0.1) is 5.60 Å². The van der Waals surface area contributed by atoms with Crippen LogP contribution in [0.15, 0.2) is 0 Å². The Kier molecular flexibility index (Phi) is 12.1. The van der Waals surface area contributed by atoms with Crippen LogP contribution < -0.4 is 0 Å². The Bertz CT molecular complexity index is 222. The first-order valence-electron chi connectivity index (χ1n) is 9.41. The molecule has 0 radical (unpaired) electrons. The highest BCUT2D eigenvalue weighted by molar-refractivity contribution is 7.17. The number of aliphatic hydroxyl groups is 1. The van der Waals surface area contributed by atoms with Crippen LogP contribution in [-0.4, -0.2) is 16.4 Å². The van der Waals surface area contributed by atoms with Gasteiger partial charge in [-0.05, 0) is 30.3 Å². The zero-order valence-corrected chi connectivity index (χ0v) is 16.5. The maximum absolute atomic E-state index is 11.3. The Morgan fingerprint density at radius 2 is 1.24 bits per heavy atom. The monoisotopic (exact) mass is 316 g/mol. The molecule has 0 aromatic heterocycles. The Balaban J connectivity index is 4.71. The highest BCUT2D eigenvalue weighted by Gasteiger charge is 2.35. The average molecular weight is 317 g/mol. The molecule has 4 atom stereocenters. The van der Waals surface area contributed by atoms with Gasteiger partial charge in [0.1, 0.15) is 0 Å². The SMILES string of the molecule is CCCCC(CC)CC(O)(CC(CC)CCCC)C(C)P. The molecular formula is C19H41OP. The van der Waals surface area contributed by atoms with Crippen molar-refractivity contribution in [2.24, 2.45) is 11.8 Å². The summed E-state index contributed by atoms with van der Waals surface area (Å²) in [4.78, 5) is 0. The van der Waals surface area contributed by atoms with Crippen LogP contribution >= 0.6 is 9.24 Å². The predicted octanol–water partition coefficient (Wildman–Crippen LogP) is 6.19. The Hall–Kier alpha value is 0.390. The second-order valence-corrected chi connectivity index (χ2v) is 8.13. The molecule has 2 heteroatoms. The molecule has 0 fully saturated rings. The topological polar surface area (TPSA) is 20.2 Å². The van der Waals surface area contributed by atoms with Crippen molar-refractivity contribution in [3.05, 3.63) is 0 Å². The van der Waals surface area contributed by atoms with Crippen LogP contribution in [0.5, 0.6) is 0 Å². The molecule has 0 aromatic carbocycles. The second-order valence-electron chi connectivity index (χ2n) is 7.13. The van der Waals surface area contributed by atoms with E-state index in [0.717, 1.165) is 12.8 Å². The van der Waals surface area contributed by atoms with Crippen LogP contribution in [-0.2, 0) is 0 Å². The molecule has 0 bridgehead atoms. The van der Waals surface area contributed by atoms with Crippen LogP contribution in [0.1, 0.15) is 98.8 Å². The van der Waals surface area contributed by atoms with Crippen LogP contribution in [0, 0.1) is 11.8 Å². The quantitative estimate of drug-likeness (QED) is 0.401. The summed E-state index contributed by atoms with van der Waals surface area (Å²) in [6, 6.07) is 0. The molecule has 0 aromatic rings. The Labute approximate surface area is 136 Å². The zero-order valence-electron chi connectivity index (χ0n) is 15.3. The smallest absolute Gasteiger partial charge is 0.0712 e. The third-order valence-corrected chi connectivity index (χ3v) is 5.84. The first-order valence-corrected chi connectivity index (χ1v) is 10.1. The Morgan fingerprint density at radius 3 is 1.48 bits per heavy atom. The molecule has 0 saturated heterocycles. The molecule has 0 aliphatic carbocycles. The summed E-state index contributed by atoms with van der Waals surface area (Å²) >= 11 is 0. The first kappa shape index (κ1) is 21.4. The summed E-state index contributed by atoms with van der Waals surface area (Å²) < 4.78 is 0. The van der Waals surface area contributed by atoms with Crippen molar-refractivity contribution >= 4 is 9.24 Å². The fourth-order valence-electron chi connectivity index (χ4n) is 3.34. The van der Waals surface area contributed by atoms with E-state index in [1.807, 2.05) is 0 Å². The molecule has 0 amide bonds. The summed E-state index contributed by atoms with van der Waals surface area (Å²) in [5.41, 5.74) is -0.211. The van der Waals surface area contributed by atoms with Crippen LogP contribution in [0.4, 0.5) is 0 Å². The van der Waals surface area contributed by atoms with Gasteiger partial charge >= 0.3 is 0 Å². The summed E-state index contributed by atoms with van der Waals surface area (Å²) in [6.45, 7) is 11.2. The molecule has 0 aliphatic heterocycles. The second kappa shape index (κ2) is 11.9. The van der Waals surface area contributed by atoms with Crippen LogP contribution in [0.2, 0.25) is 0 Å². The molecule has 0 aliphatic rings. The number of rotatable bonds is 13. The van der Waals surface area contributed by atoms with Gasteiger partial charge in [-0.2, -0.15) is 0 Å². The van der Waals surface area contributed by atoms with Crippen molar-refractivity contribution in [2.45, 2.75) is 110 Å². The number of unbranched alkanes of at least 4 members (excludes halogenated alkanes) is 2. The Morgan fingerprint density at radius 1 is 0.857 bits per heavy atom. The molecule has 0 heterocycles. The van der Waals surface area contributed by atoms with Crippen molar-refractivity contribution in [3.63, 3.8) is 0 Å². The summed E-state index contributed by atoms with van der Waals surface area (Å²) in [5, 5.41) is 11.3. The van der Waals surface area contributed by atoms with Crippen molar-refractivity contribution in [3.8, 4) is 0 Å². The first-order chi connectivity index (χ1) is 9.93. The van der Waals surface area contributed by atoms with Crippen LogP contribution in [0.25, 0.3) is 0 Å². The van der Waals surface area contributed by atoms with Gasteiger partial charge in [0, 0.05) is 0 Å². The van der Waals surface area contributed by atoms with Crippen LogP contribution in [0.3, 0.4) is 0 Å². The molecular weight excluding hydrogens is 275 g/mol. The van der Waals surface area contributed by atoms with E-state index < -0.39 is 5.60 Å². The number of hydrogen-bond donors (Lipinski definition) is 1. The minimum atomic E-state index is -0.493. The maximum atomic E-state index is 11.3. The van der Waals surface area contributed by atoms with Crippen molar-refractivity contribution < 1.29 is 5.11 Å². The maximum Gasteiger partial charge on any atom is 0.0712 e. The zero-order chi connectivity index (χ0) is 16.3. The number of hydrogen-bond acceptors (Lipinski definition) is 1. The molecule has 128 valence electrons. The van der Waals surface area contributed by atoms with Gasteiger partial charge in [0.25, 0.3) is 0 Å². The third-order valence-electron chi connectivity index (χ3n) is 5.22. The van der Waals surface area contributed by atoms with Gasteiger partial charge in [-0.1, -0.05) is 86.0 Å². The van der Waals surface area contributed by atoms with E-state index in [9.17, 15) is 5.11 Å². The van der Waals surface area contributed by atoms with Gasteiger partial charge in [0.15, 0.2) is 0 Å². The lowest BCUT2D eigenvalue weighted by Gasteiger charge is -2.38. The lowest BCUT2D eigenvalue weighted by molar-refractivity contribution is -0.00943. The summed E-state index contributed by atoms with van der Waals surface area (Å²) in [5.74, 6) is 1.36. The normalized spacial score (nSPS) is 19.0. The highest BCUT2D eigenvalue weighted by Crippen LogP contribution is 2.37. The lowest BCUT2D eigenvalue weighted by atomic mass is 9.77. The van der Waals surface area contributed by atoms with E-state index in [2.05, 4.69) is 43.9 Å². The van der Waals surface area contributed by atoms with E-state index in [-0.39, 0.29) is 5.66 Å².